The molecule has 0 spiro atoms. The van der Waals surface area contributed by atoms with Gasteiger partial charge in [0.2, 0.25) is 15.9 Å². The molecule has 0 saturated carbocycles. The lowest BCUT2D eigenvalue weighted by Gasteiger charge is -2.31. The van der Waals surface area contributed by atoms with Crippen molar-refractivity contribution in [3.05, 3.63) is 102 Å². The number of sulfonamides is 1. The van der Waals surface area contributed by atoms with E-state index in [0.717, 1.165) is 40.3 Å². The molecule has 0 bridgehead atoms. The van der Waals surface area contributed by atoms with E-state index in [0.29, 0.717) is 44.0 Å². The fourth-order valence-corrected chi connectivity index (χ4v) is 9.71. The first kappa shape index (κ1) is 45.0. The summed E-state index contributed by atoms with van der Waals surface area (Å²) in [4.78, 5) is 13.6. The molecule has 1 fully saturated rings. The predicted molar refractivity (Wildman–Crippen MR) is 196 cm³/mol. The van der Waals surface area contributed by atoms with Crippen LogP contribution in [0.1, 0.15) is 33.7 Å². The van der Waals surface area contributed by atoms with Gasteiger partial charge in [0.1, 0.15) is 9.79 Å². The molecule has 0 aliphatic carbocycles. The fraction of sp³-hybridized carbons (Fsp3) is 0.344. The number of benzene rings is 2. The Morgan fingerprint density at radius 2 is 1.34 bits per heavy atom. The first-order valence-electron chi connectivity index (χ1n) is 15.4. The van der Waals surface area contributed by atoms with E-state index >= 15 is 0 Å². The Kier molecular flexibility index (Phi) is 16.5. The molecule has 8 nitrogen and oxygen atoms in total. The van der Waals surface area contributed by atoms with Gasteiger partial charge < -0.3 is 11.1 Å². The summed E-state index contributed by atoms with van der Waals surface area (Å²) in [5.74, 6) is -0.831. The Morgan fingerprint density at radius 3 is 1.81 bits per heavy atom. The Hall–Kier alpha value is -2.42. The van der Waals surface area contributed by atoms with Gasteiger partial charge in [-0.05, 0) is 91.5 Å². The molecule has 1 amide bonds. The summed E-state index contributed by atoms with van der Waals surface area (Å²) >= 11 is 14.7. The highest BCUT2D eigenvalue weighted by Crippen LogP contribution is 2.36. The minimum atomic E-state index is -4.69. The lowest BCUT2D eigenvalue weighted by Crippen LogP contribution is -2.45. The summed E-state index contributed by atoms with van der Waals surface area (Å²) in [5, 5.41) is 6.20. The zero-order valence-corrected chi connectivity index (χ0v) is 32.8. The molecule has 2 aromatic heterocycles. The Morgan fingerprint density at radius 1 is 0.830 bits per heavy atom. The number of amides is 1. The second-order valence-electron chi connectivity index (χ2n) is 11.2. The number of thiophene rings is 2. The molecule has 1 aliphatic rings. The van der Waals surface area contributed by atoms with Crippen molar-refractivity contribution in [2.24, 2.45) is 11.7 Å². The van der Waals surface area contributed by atoms with E-state index in [-0.39, 0.29) is 29.0 Å². The number of carbonyl (C=O) groups excluding carboxylic acids is 1. The van der Waals surface area contributed by atoms with Gasteiger partial charge in [-0.15, -0.1) is 22.7 Å². The van der Waals surface area contributed by atoms with Crippen molar-refractivity contribution in [2.75, 3.05) is 26.2 Å². The molecule has 3 heterocycles. The SMILES string of the molecule is NCCc1cccs1.O=C(NCCc1cccs1)C1CCCN(S(=O)(=O)c2cc(C(F)(F)F)ccc2Cl)C1.O=S(=O)(Cl)c1cc(C(F)(F)F)ccc1Cl. The zero-order valence-electron chi connectivity index (χ0n) is 27.3. The normalized spacial score (nSPS) is 15.5. The number of nitrogens with two attached hydrogens (primary N) is 1. The second-order valence-corrected chi connectivity index (χ2v) is 18.5. The highest BCUT2D eigenvalue weighted by atomic mass is 35.7. The first-order valence-corrected chi connectivity index (χ1v) is 21.6. The average molecular weight is 887 g/mol. The Bertz CT molecular complexity index is 2010. The smallest absolute Gasteiger partial charge is 0.355 e. The Balaban J connectivity index is 0.000000270. The summed E-state index contributed by atoms with van der Waals surface area (Å²) < 4.78 is 124. The van der Waals surface area contributed by atoms with Crippen LogP contribution >= 0.6 is 56.6 Å². The van der Waals surface area contributed by atoms with E-state index in [1.807, 2.05) is 17.5 Å². The number of rotatable bonds is 9. The fourth-order valence-electron chi connectivity index (χ4n) is 4.76. The molecule has 2 aromatic carbocycles. The first-order chi connectivity index (χ1) is 24.6. The standard InChI is InChI=1S/C19H20ClF3N2O3S2.C7H3Cl2F3O2S.C6H9NS/c20-16-6-5-14(19(21,22)23)11-17(16)30(27,28)25-9-1-3-13(12-25)18(26)24-8-7-15-4-2-10-29-15;8-5-2-1-4(7(10,11)12)3-6(5)15(9,13)14;7-4-3-6-2-1-5-8-6/h2,4-6,10-11,13H,1,3,7-9,12H2,(H,24,26);1-3H;1-2,5H,3-4,7H2. The number of piperidine rings is 1. The maximum absolute atomic E-state index is 13.0. The molecule has 53 heavy (non-hydrogen) atoms. The van der Waals surface area contributed by atoms with Crippen molar-refractivity contribution >= 4 is 81.5 Å². The van der Waals surface area contributed by atoms with Crippen molar-refractivity contribution < 1.29 is 48.0 Å². The third-order valence-corrected chi connectivity index (χ3v) is 13.4. The number of nitrogens with one attached hydrogen (secondary N) is 1. The van der Waals surface area contributed by atoms with Crippen LogP contribution in [0.2, 0.25) is 10.0 Å². The van der Waals surface area contributed by atoms with Crippen LogP contribution in [0, 0.1) is 5.92 Å². The topological polar surface area (TPSA) is 127 Å². The number of hydrogen-bond acceptors (Lipinski definition) is 8. The van der Waals surface area contributed by atoms with Gasteiger partial charge in [-0.25, -0.2) is 16.8 Å². The van der Waals surface area contributed by atoms with Gasteiger partial charge in [-0.3, -0.25) is 4.79 Å². The molecular formula is C32H32Cl3F6N3O5S4. The highest BCUT2D eigenvalue weighted by molar-refractivity contribution is 8.13. The van der Waals surface area contributed by atoms with Crippen molar-refractivity contribution in [2.45, 2.75) is 47.8 Å². The predicted octanol–water partition coefficient (Wildman–Crippen LogP) is 8.72. The molecular weight excluding hydrogens is 855 g/mol. The molecule has 3 N–H and O–H groups in total. The Labute approximate surface area is 325 Å². The summed E-state index contributed by atoms with van der Waals surface area (Å²) in [6, 6.07) is 12.2. The second kappa shape index (κ2) is 19.4. The number of halogens is 9. The molecule has 1 saturated heterocycles. The maximum Gasteiger partial charge on any atom is 0.416 e. The van der Waals surface area contributed by atoms with Crippen LogP contribution in [0.15, 0.2) is 81.2 Å². The summed E-state index contributed by atoms with van der Waals surface area (Å²) in [5.41, 5.74) is 3.11. The van der Waals surface area contributed by atoms with E-state index in [4.69, 9.17) is 39.6 Å². The third kappa shape index (κ3) is 13.7. The third-order valence-electron chi connectivity index (χ3n) is 7.37. The van der Waals surface area contributed by atoms with Gasteiger partial charge >= 0.3 is 12.4 Å². The molecule has 292 valence electrons. The molecule has 0 radical (unpaired) electrons. The van der Waals surface area contributed by atoms with E-state index in [1.165, 1.54) is 4.88 Å². The zero-order chi connectivity index (χ0) is 39.6. The number of alkyl halides is 6. The van der Waals surface area contributed by atoms with Crippen molar-refractivity contribution in [3.8, 4) is 0 Å². The van der Waals surface area contributed by atoms with Gasteiger partial charge in [0.25, 0.3) is 9.05 Å². The monoisotopic (exact) mass is 885 g/mol. The lowest BCUT2D eigenvalue weighted by molar-refractivity contribution is -0.138. The van der Waals surface area contributed by atoms with Crippen LogP contribution in [0.4, 0.5) is 26.3 Å². The molecule has 5 rings (SSSR count). The van der Waals surface area contributed by atoms with Crippen LogP contribution in [0.5, 0.6) is 0 Å². The van der Waals surface area contributed by atoms with Gasteiger partial charge in [0.05, 0.1) is 27.1 Å². The van der Waals surface area contributed by atoms with E-state index in [2.05, 4.69) is 22.8 Å². The summed E-state index contributed by atoms with van der Waals surface area (Å²) in [6.07, 6.45) is -6.69. The van der Waals surface area contributed by atoms with Crippen molar-refractivity contribution in [1.82, 2.24) is 9.62 Å². The van der Waals surface area contributed by atoms with Crippen LogP contribution in [-0.4, -0.2) is 53.2 Å². The van der Waals surface area contributed by atoms with Crippen molar-refractivity contribution in [1.29, 1.82) is 0 Å². The number of carbonyl (C=O) groups is 1. The highest BCUT2D eigenvalue weighted by Gasteiger charge is 2.37. The number of hydrogen-bond donors (Lipinski definition) is 2. The minimum Gasteiger partial charge on any atom is -0.355 e. The molecule has 1 atom stereocenters. The van der Waals surface area contributed by atoms with Gasteiger partial charge in [0, 0.05) is 40.1 Å². The summed E-state index contributed by atoms with van der Waals surface area (Å²) in [6.45, 7) is 1.22. The lowest BCUT2D eigenvalue weighted by atomic mass is 9.99. The van der Waals surface area contributed by atoms with Gasteiger partial charge in [0.15, 0.2) is 0 Å². The molecule has 1 aliphatic heterocycles. The molecule has 21 heteroatoms. The average Bonchev–Trinajstić information content (AvgIpc) is 3.79. The van der Waals surface area contributed by atoms with E-state index in [1.54, 1.807) is 22.7 Å². The minimum absolute atomic E-state index is 0.0975. The number of nitrogens with zero attached hydrogens (tertiary/aromatic N) is 1. The van der Waals surface area contributed by atoms with Crippen LogP contribution in [0.25, 0.3) is 0 Å². The molecule has 1 unspecified atom stereocenters. The van der Waals surface area contributed by atoms with Gasteiger partial charge in [-0.2, -0.15) is 30.6 Å². The van der Waals surface area contributed by atoms with Crippen molar-refractivity contribution in [3.63, 3.8) is 0 Å². The van der Waals surface area contributed by atoms with Crippen LogP contribution in [-0.2, 0) is 49.1 Å². The van der Waals surface area contributed by atoms with Crippen LogP contribution in [0.3, 0.4) is 0 Å². The largest absolute Gasteiger partial charge is 0.416 e. The maximum atomic E-state index is 13.0. The quantitative estimate of drug-likeness (QED) is 0.128. The van der Waals surface area contributed by atoms with E-state index < -0.39 is 58.3 Å². The summed E-state index contributed by atoms with van der Waals surface area (Å²) in [7, 11) is -3.64. The molecule has 4 aromatic rings. The van der Waals surface area contributed by atoms with E-state index in [9.17, 15) is 48.0 Å². The van der Waals surface area contributed by atoms with Crippen LogP contribution < -0.4 is 11.1 Å². The van der Waals surface area contributed by atoms with Gasteiger partial charge in [-0.1, -0.05) is 35.3 Å².